The number of carbonyl (C=O) groups is 2. The molecule has 8 heteroatoms. The number of hydrogen-bond donors (Lipinski definition) is 0. The topological polar surface area (TPSA) is 86.5 Å². The highest BCUT2D eigenvalue weighted by molar-refractivity contribution is 6.30. The van der Waals surface area contributed by atoms with Crippen molar-refractivity contribution < 1.29 is 14.3 Å². The Labute approximate surface area is 238 Å². The molecule has 0 unspecified atom stereocenters. The highest BCUT2D eigenvalue weighted by Crippen LogP contribution is 2.35. The fourth-order valence-corrected chi connectivity index (χ4v) is 5.17. The normalized spacial score (nSPS) is 14.4. The third-order valence-electron chi connectivity index (χ3n) is 7.40. The molecule has 0 bridgehead atoms. The van der Waals surface area contributed by atoms with Gasteiger partial charge in [0, 0.05) is 37.6 Å². The average molecular weight is 553 g/mol. The number of aromatic nitrogens is 1. The standard InChI is InChI=1S/C32H29ClN4O3/c1-36(2)30(38)27-19-29(31(39)37-16-14-32(21-34,15-17-37)23-6-4-3-5-7-23)35-28-13-12-25(18-26(27)28)40-20-22-8-10-24(33)11-9-22/h3-13,18-19H,14-17,20H2,1-2H3. The van der Waals surface area contributed by atoms with Crippen molar-refractivity contribution >= 4 is 34.3 Å². The minimum absolute atomic E-state index is 0.205. The lowest BCUT2D eigenvalue weighted by molar-refractivity contribution is 0.0686. The van der Waals surface area contributed by atoms with E-state index in [9.17, 15) is 14.9 Å². The van der Waals surface area contributed by atoms with Crippen LogP contribution in [0.3, 0.4) is 0 Å². The number of ether oxygens (including phenoxy) is 1. The van der Waals surface area contributed by atoms with Crippen LogP contribution in [0, 0.1) is 11.3 Å². The molecule has 1 aliphatic heterocycles. The third-order valence-corrected chi connectivity index (χ3v) is 7.65. The Kier molecular flexibility index (Phi) is 7.72. The molecule has 0 aliphatic carbocycles. The van der Waals surface area contributed by atoms with Crippen LogP contribution in [0.25, 0.3) is 10.9 Å². The molecule has 5 rings (SSSR count). The Bertz CT molecular complexity index is 1590. The van der Waals surface area contributed by atoms with Gasteiger partial charge in [0.2, 0.25) is 0 Å². The molecule has 0 saturated carbocycles. The van der Waals surface area contributed by atoms with Crippen molar-refractivity contribution in [1.29, 1.82) is 5.26 Å². The van der Waals surface area contributed by atoms with Gasteiger partial charge >= 0.3 is 0 Å². The van der Waals surface area contributed by atoms with Gasteiger partial charge in [-0.05, 0) is 60.4 Å². The number of amides is 2. The highest BCUT2D eigenvalue weighted by Gasteiger charge is 2.38. The second-order valence-electron chi connectivity index (χ2n) is 10.2. The third kappa shape index (κ3) is 5.49. The molecule has 4 aromatic rings. The van der Waals surface area contributed by atoms with Gasteiger partial charge in [0.15, 0.2) is 0 Å². The molecule has 0 radical (unpaired) electrons. The van der Waals surface area contributed by atoms with Crippen LogP contribution in [0.2, 0.25) is 5.02 Å². The van der Waals surface area contributed by atoms with Gasteiger partial charge in [-0.15, -0.1) is 0 Å². The van der Waals surface area contributed by atoms with Gasteiger partial charge in [-0.1, -0.05) is 54.1 Å². The zero-order valence-corrected chi connectivity index (χ0v) is 23.2. The molecule has 1 aromatic heterocycles. The summed E-state index contributed by atoms with van der Waals surface area (Å²) in [7, 11) is 3.35. The van der Waals surface area contributed by atoms with Crippen LogP contribution >= 0.6 is 11.6 Å². The van der Waals surface area contributed by atoms with E-state index >= 15 is 0 Å². The fourth-order valence-electron chi connectivity index (χ4n) is 5.05. The molecular weight excluding hydrogens is 524 g/mol. The Morgan fingerprint density at radius 1 is 1.02 bits per heavy atom. The first-order valence-electron chi connectivity index (χ1n) is 13.1. The molecule has 2 amide bonds. The Morgan fingerprint density at radius 3 is 2.38 bits per heavy atom. The second-order valence-corrected chi connectivity index (χ2v) is 10.6. The Morgan fingerprint density at radius 2 is 1.73 bits per heavy atom. The van der Waals surface area contributed by atoms with Crippen LogP contribution in [0.1, 0.15) is 44.8 Å². The number of likely N-dealkylation sites (tertiary alicyclic amines) is 1. The number of hydrogen-bond acceptors (Lipinski definition) is 5. The van der Waals surface area contributed by atoms with Gasteiger partial charge in [-0.2, -0.15) is 5.26 Å². The number of piperidine rings is 1. The van der Waals surface area contributed by atoms with Crippen molar-refractivity contribution in [1.82, 2.24) is 14.8 Å². The summed E-state index contributed by atoms with van der Waals surface area (Å²) in [5, 5.41) is 11.3. The molecule has 1 saturated heterocycles. The van der Waals surface area contributed by atoms with E-state index in [0.29, 0.717) is 59.8 Å². The maximum absolute atomic E-state index is 13.6. The van der Waals surface area contributed by atoms with Gasteiger partial charge in [-0.3, -0.25) is 9.59 Å². The van der Waals surface area contributed by atoms with E-state index < -0.39 is 5.41 Å². The van der Waals surface area contributed by atoms with Crippen LogP contribution in [0.4, 0.5) is 0 Å². The Hall–Kier alpha value is -4.41. The van der Waals surface area contributed by atoms with E-state index in [4.69, 9.17) is 16.3 Å². The van der Waals surface area contributed by atoms with Crippen molar-refractivity contribution in [3.05, 3.63) is 106 Å². The maximum Gasteiger partial charge on any atom is 0.272 e. The van der Waals surface area contributed by atoms with Gasteiger partial charge in [0.25, 0.3) is 11.8 Å². The van der Waals surface area contributed by atoms with Crippen molar-refractivity contribution in [3.8, 4) is 11.8 Å². The summed E-state index contributed by atoms with van der Waals surface area (Å²) in [6.07, 6.45) is 1.06. The molecule has 0 N–H and O–H groups in total. The van der Waals surface area contributed by atoms with E-state index in [2.05, 4.69) is 11.1 Å². The first-order valence-corrected chi connectivity index (χ1v) is 13.5. The highest BCUT2D eigenvalue weighted by atomic mass is 35.5. The van der Waals surface area contributed by atoms with Crippen LogP contribution < -0.4 is 4.74 Å². The lowest BCUT2D eigenvalue weighted by Gasteiger charge is -2.37. The summed E-state index contributed by atoms with van der Waals surface area (Å²) in [5.41, 5.74) is 2.43. The lowest BCUT2D eigenvalue weighted by atomic mass is 9.74. The molecule has 2 heterocycles. The van der Waals surface area contributed by atoms with Crippen LogP contribution in [0.5, 0.6) is 5.75 Å². The summed E-state index contributed by atoms with van der Waals surface area (Å²) in [5.74, 6) is 0.0980. The Balaban J connectivity index is 1.40. The molecule has 1 fully saturated rings. The molecule has 3 aromatic carbocycles. The largest absolute Gasteiger partial charge is 0.489 e. The van der Waals surface area contributed by atoms with Gasteiger partial charge < -0.3 is 14.5 Å². The van der Waals surface area contributed by atoms with Crippen LogP contribution in [-0.2, 0) is 12.0 Å². The lowest BCUT2D eigenvalue weighted by Crippen LogP contribution is -2.45. The second kappa shape index (κ2) is 11.4. The van der Waals surface area contributed by atoms with Gasteiger partial charge in [-0.25, -0.2) is 4.98 Å². The average Bonchev–Trinajstić information content (AvgIpc) is 3.00. The SMILES string of the molecule is CN(C)C(=O)c1cc(C(=O)N2CCC(C#N)(c3ccccc3)CC2)nc2ccc(OCc3ccc(Cl)cc3)cc12. The van der Waals surface area contributed by atoms with E-state index in [0.717, 1.165) is 11.1 Å². The number of fused-ring (bicyclic) bond motifs is 1. The molecule has 7 nitrogen and oxygen atoms in total. The van der Waals surface area contributed by atoms with E-state index in [1.165, 1.54) is 4.90 Å². The summed E-state index contributed by atoms with van der Waals surface area (Å²) >= 11 is 5.97. The van der Waals surface area contributed by atoms with Crippen molar-refractivity contribution in [2.45, 2.75) is 24.9 Å². The predicted octanol–water partition coefficient (Wildman–Crippen LogP) is 5.87. The van der Waals surface area contributed by atoms with Gasteiger partial charge in [0.05, 0.1) is 22.6 Å². The monoisotopic (exact) mass is 552 g/mol. The molecule has 1 aliphatic rings. The number of rotatable bonds is 6. The summed E-state index contributed by atoms with van der Waals surface area (Å²) in [6, 6.07) is 26.5. The van der Waals surface area contributed by atoms with E-state index in [1.807, 2.05) is 42.5 Å². The minimum Gasteiger partial charge on any atom is -0.489 e. The van der Waals surface area contributed by atoms with Crippen LogP contribution in [0.15, 0.2) is 78.9 Å². The smallest absolute Gasteiger partial charge is 0.272 e. The van der Waals surface area contributed by atoms with Crippen LogP contribution in [-0.4, -0.2) is 53.8 Å². The molecule has 0 spiro atoms. The zero-order valence-electron chi connectivity index (χ0n) is 22.4. The molecule has 0 atom stereocenters. The quantitative estimate of drug-likeness (QED) is 0.299. The summed E-state index contributed by atoms with van der Waals surface area (Å²) in [4.78, 5) is 34.6. The molecule has 40 heavy (non-hydrogen) atoms. The zero-order chi connectivity index (χ0) is 28.3. The van der Waals surface area contributed by atoms with Crippen molar-refractivity contribution in [2.75, 3.05) is 27.2 Å². The number of benzene rings is 3. The fraction of sp³-hybridized carbons (Fsp3) is 0.250. The summed E-state index contributed by atoms with van der Waals surface area (Å²) < 4.78 is 5.98. The van der Waals surface area contributed by atoms with Gasteiger partial charge in [0.1, 0.15) is 18.1 Å². The van der Waals surface area contributed by atoms with E-state index in [-0.39, 0.29) is 17.5 Å². The summed E-state index contributed by atoms with van der Waals surface area (Å²) in [6.45, 7) is 1.19. The number of halogens is 1. The molecular formula is C32H29ClN4O3. The first kappa shape index (κ1) is 27.2. The first-order chi connectivity index (χ1) is 19.3. The minimum atomic E-state index is -0.622. The van der Waals surface area contributed by atoms with E-state index in [1.54, 1.807) is 55.4 Å². The number of pyridine rings is 1. The number of carbonyl (C=O) groups excluding carboxylic acids is 2. The number of nitrogens with zero attached hydrogens (tertiary/aromatic N) is 4. The number of nitriles is 1. The predicted molar refractivity (Wildman–Crippen MR) is 154 cm³/mol. The van der Waals surface area contributed by atoms with Crippen molar-refractivity contribution in [2.24, 2.45) is 0 Å². The maximum atomic E-state index is 13.6. The van der Waals surface area contributed by atoms with Crippen molar-refractivity contribution in [3.63, 3.8) is 0 Å². The molecule has 202 valence electrons.